The lowest BCUT2D eigenvalue weighted by molar-refractivity contribution is 0.116. The van der Waals surface area contributed by atoms with Gasteiger partial charge in [-0.2, -0.15) is 0 Å². The maximum Gasteiger partial charge on any atom is 0.138 e. The van der Waals surface area contributed by atoms with Gasteiger partial charge in [0.15, 0.2) is 0 Å². The Kier molecular flexibility index (Phi) is 3.11. The molecule has 3 heteroatoms. The Hall–Kier alpha value is -1.22. The van der Waals surface area contributed by atoms with Crippen LogP contribution >= 0.6 is 0 Å². The van der Waals surface area contributed by atoms with Crippen LogP contribution in [0.25, 0.3) is 0 Å². The molecule has 0 bridgehead atoms. The highest BCUT2D eigenvalue weighted by Crippen LogP contribution is 2.26. The van der Waals surface area contributed by atoms with Gasteiger partial charge < -0.3 is 14.7 Å². The molecule has 1 saturated heterocycles. The smallest absolute Gasteiger partial charge is 0.138 e. The SMILES string of the molecule is CN(CC1CCCO1)c1ccccc1O. The van der Waals surface area contributed by atoms with E-state index in [-0.39, 0.29) is 0 Å². The van der Waals surface area contributed by atoms with Gasteiger partial charge in [0.2, 0.25) is 0 Å². The molecular formula is C12H17NO2. The lowest BCUT2D eigenvalue weighted by Gasteiger charge is -2.23. The van der Waals surface area contributed by atoms with E-state index >= 15 is 0 Å². The van der Waals surface area contributed by atoms with Gasteiger partial charge in [0, 0.05) is 20.2 Å². The van der Waals surface area contributed by atoms with Crippen molar-refractivity contribution in [3.05, 3.63) is 24.3 Å². The Morgan fingerprint density at radius 3 is 2.93 bits per heavy atom. The van der Waals surface area contributed by atoms with E-state index in [1.165, 1.54) is 0 Å². The van der Waals surface area contributed by atoms with Crippen molar-refractivity contribution in [2.45, 2.75) is 18.9 Å². The van der Waals surface area contributed by atoms with E-state index in [1.807, 2.05) is 30.1 Å². The third-order valence-corrected chi connectivity index (χ3v) is 2.79. The summed E-state index contributed by atoms with van der Waals surface area (Å²) in [6.07, 6.45) is 2.59. The largest absolute Gasteiger partial charge is 0.506 e. The topological polar surface area (TPSA) is 32.7 Å². The molecule has 15 heavy (non-hydrogen) atoms. The van der Waals surface area contributed by atoms with E-state index in [4.69, 9.17) is 4.74 Å². The Bertz CT molecular complexity index is 321. The van der Waals surface area contributed by atoms with Gasteiger partial charge in [-0.15, -0.1) is 0 Å². The molecule has 3 nitrogen and oxygen atoms in total. The van der Waals surface area contributed by atoms with Crippen LogP contribution in [-0.4, -0.2) is 31.4 Å². The fourth-order valence-electron chi connectivity index (χ4n) is 1.98. The van der Waals surface area contributed by atoms with E-state index in [0.29, 0.717) is 11.9 Å². The number of phenolic OH excluding ortho intramolecular Hbond substituents is 1. The number of para-hydroxylation sites is 2. The van der Waals surface area contributed by atoms with Crippen LogP contribution in [0.5, 0.6) is 5.75 Å². The molecule has 1 heterocycles. The number of hydrogen-bond acceptors (Lipinski definition) is 3. The first-order chi connectivity index (χ1) is 7.27. The highest BCUT2D eigenvalue weighted by molar-refractivity contribution is 5.57. The molecule has 0 radical (unpaired) electrons. The van der Waals surface area contributed by atoms with Crippen molar-refractivity contribution in [2.24, 2.45) is 0 Å². The third kappa shape index (κ3) is 2.42. The van der Waals surface area contributed by atoms with Crippen LogP contribution < -0.4 is 4.90 Å². The minimum absolute atomic E-state index is 0.314. The van der Waals surface area contributed by atoms with Crippen molar-refractivity contribution in [1.82, 2.24) is 0 Å². The molecule has 0 saturated carbocycles. The Morgan fingerprint density at radius 2 is 2.27 bits per heavy atom. The van der Waals surface area contributed by atoms with Gasteiger partial charge in [0.05, 0.1) is 11.8 Å². The fraction of sp³-hybridized carbons (Fsp3) is 0.500. The molecule has 1 aliphatic heterocycles. The van der Waals surface area contributed by atoms with Gasteiger partial charge in [0.25, 0.3) is 0 Å². The van der Waals surface area contributed by atoms with Gasteiger partial charge >= 0.3 is 0 Å². The molecule has 0 aromatic heterocycles. The number of rotatable bonds is 3. The van der Waals surface area contributed by atoms with Gasteiger partial charge in [-0.3, -0.25) is 0 Å². The average molecular weight is 207 g/mol. The number of benzene rings is 1. The fourth-order valence-corrected chi connectivity index (χ4v) is 1.98. The second-order valence-electron chi connectivity index (χ2n) is 4.00. The monoisotopic (exact) mass is 207 g/mol. The summed E-state index contributed by atoms with van der Waals surface area (Å²) in [7, 11) is 1.98. The number of ether oxygens (including phenoxy) is 1. The summed E-state index contributed by atoms with van der Waals surface area (Å²) < 4.78 is 5.56. The molecule has 1 N–H and O–H groups in total. The number of anilines is 1. The molecule has 1 aromatic rings. The van der Waals surface area contributed by atoms with E-state index in [2.05, 4.69) is 0 Å². The van der Waals surface area contributed by atoms with Crippen molar-refractivity contribution >= 4 is 5.69 Å². The van der Waals surface area contributed by atoms with Gasteiger partial charge in [0.1, 0.15) is 5.75 Å². The molecular weight excluding hydrogens is 190 g/mol. The first kappa shape index (κ1) is 10.3. The Balaban J connectivity index is 2.00. The highest BCUT2D eigenvalue weighted by Gasteiger charge is 2.18. The van der Waals surface area contributed by atoms with E-state index in [0.717, 1.165) is 31.7 Å². The molecule has 1 atom stereocenters. The van der Waals surface area contributed by atoms with Crippen molar-refractivity contribution < 1.29 is 9.84 Å². The maximum atomic E-state index is 9.67. The van der Waals surface area contributed by atoms with Crippen LogP contribution in [0.4, 0.5) is 5.69 Å². The summed E-state index contributed by atoms with van der Waals surface area (Å²) in [4.78, 5) is 2.05. The van der Waals surface area contributed by atoms with Crippen molar-refractivity contribution in [3.8, 4) is 5.75 Å². The molecule has 82 valence electrons. The molecule has 2 rings (SSSR count). The van der Waals surface area contributed by atoms with E-state index in [9.17, 15) is 5.11 Å². The van der Waals surface area contributed by atoms with Crippen LogP contribution in [0.15, 0.2) is 24.3 Å². The predicted molar refractivity (Wildman–Crippen MR) is 60.4 cm³/mol. The molecule has 1 unspecified atom stereocenters. The van der Waals surface area contributed by atoms with Crippen molar-refractivity contribution in [1.29, 1.82) is 0 Å². The highest BCUT2D eigenvalue weighted by atomic mass is 16.5. The third-order valence-electron chi connectivity index (χ3n) is 2.79. The summed E-state index contributed by atoms with van der Waals surface area (Å²) >= 11 is 0. The van der Waals surface area contributed by atoms with Crippen LogP contribution in [-0.2, 0) is 4.74 Å². The van der Waals surface area contributed by atoms with Crippen molar-refractivity contribution in [3.63, 3.8) is 0 Å². The predicted octanol–water partition coefficient (Wildman–Crippen LogP) is 2.01. The van der Waals surface area contributed by atoms with E-state index in [1.54, 1.807) is 6.07 Å². The zero-order chi connectivity index (χ0) is 10.7. The molecule has 0 aliphatic carbocycles. The van der Waals surface area contributed by atoms with Gasteiger partial charge in [-0.05, 0) is 25.0 Å². The summed E-state index contributed by atoms with van der Waals surface area (Å²) in [5, 5.41) is 9.67. The number of nitrogens with zero attached hydrogens (tertiary/aromatic N) is 1. The van der Waals surface area contributed by atoms with Gasteiger partial charge in [-0.1, -0.05) is 12.1 Å². The standard InChI is InChI=1S/C12H17NO2/c1-13(9-10-5-4-8-15-10)11-6-2-3-7-12(11)14/h2-3,6-7,10,14H,4-5,8-9H2,1H3. The number of aromatic hydroxyl groups is 1. The quantitative estimate of drug-likeness (QED) is 0.823. The Morgan fingerprint density at radius 1 is 1.47 bits per heavy atom. The first-order valence-corrected chi connectivity index (χ1v) is 5.38. The second kappa shape index (κ2) is 4.53. The van der Waals surface area contributed by atoms with Crippen molar-refractivity contribution in [2.75, 3.05) is 25.1 Å². The van der Waals surface area contributed by atoms with Crippen LogP contribution in [0, 0.1) is 0 Å². The summed E-state index contributed by atoms with van der Waals surface area (Å²) in [6, 6.07) is 7.39. The molecule has 0 spiro atoms. The van der Waals surface area contributed by atoms with Crippen LogP contribution in [0.1, 0.15) is 12.8 Å². The zero-order valence-corrected chi connectivity index (χ0v) is 9.02. The first-order valence-electron chi connectivity index (χ1n) is 5.38. The molecule has 1 fully saturated rings. The summed E-state index contributed by atoms with van der Waals surface area (Å²) in [6.45, 7) is 1.72. The lowest BCUT2D eigenvalue weighted by Crippen LogP contribution is -2.28. The summed E-state index contributed by atoms with van der Waals surface area (Å²) in [5.41, 5.74) is 0.869. The maximum absolute atomic E-state index is 9.67. The van der Waals surface area contributed by atoms with E-state index < -0.39 is 0 Å². The van der Waals surface area contributed by atoms with Crippen LogP contribution in [0.3, 0.4) is 0 Å². The molecule has 0 amide bonds. The second-order valence-corrected chi connectivity index (χ2v) is 4.00. The van der Waals surface area contributed by atoms with Gasteiger partial charge in [-0.25, -0.2) is 0 Å². The average Bonchev–Trinajstić information content (AvgIpc) is 2.71. The molecule has 1 aliphatic rings. The minimum atomic E-state index is 0.314. The van der Waals surface area contributed by atoms with Crippen LogP contribution in [0.2, 0.25) is 0 Å². The zero-order valence-electron chi connectivity index (χ0n) is 9.02. The summed E-state index contributed by atoms with van der Waals surface area (Å²) in [5.74, 6) is 0.331. The Labute approximate surface area is 90.3 Å². The minimum Gasteiger partial charge on any atom is -0.506 e. The normalized spacial score (nSPS) is 20.5. The number of phenols is 1. The lowest BCUT2D eigenvalue weighted by atomic mass is 10.2. The number of likely N-dealkylation sites (N-methyl/N-ethyl adjacent to an activating group) is 1. The number of hydrogen-bond donors (Lipinski definition) is 1. The molecule has 1 aromatic carbocycles.